The molecule has 0 aromatic heterocycles. The second-order valence-corrected chi connectivity index (χ2v) is 7.12. The zero-order valence-corrected chi connectivity index (χ0v) is 16.2. The van der Waals surface area contributed by atoms with Gasteiger partial charge < -0.3 is 0 Å². The van der Waals surface area contributed by atoms with Gasteiger partial charge in [-0.2, -0.15) is 0 Å². The summed E-state index contributed by atoms with van der Waals surface area (Å²) in [5.41, 5.74) is 7.50. The van der Waals surface area contributed by atoms with Crippen molar-refractivity contribution in [3.63, 3.8) is 0 Å². The van der Waals surface area contributed by atoms with E-state index in [1.807, 2.05) is 12.1 Å². The van der Waals surface area contributed by atoms with Crippen LogP contribution < -0.4 is 5.43 Å². The molecular formula is C24H19N4O. The quantitative estimate of drug-likeness (QED) is 0.460. The van der Waals surface area contributed by atoms with Crippen LogP contribution in [-0.4, -0.2) is 36.0 Å². The number of carbonyl (C=O) groups excluding carboxylic acids is 1. The fourth-order valence-electron chi connectivity index (χ4n) is 3.83. The Hall–Kier alpha value is -3.86. The summed E-state index contributed by atoms with van der Waals surface area (Å²) < 4.78 is 0. The van der Waals surface area contributed by atoms with Crippen LogP contribution in [0.2, 0.25) is 0 Å². The van der Waals surface area contributed by atoms with Gasteiger partial charge in [0.25, 0.3) is 0 Å². The van der Waals surface area contributed by atoms with Gasteiger partial charge in [0.2, 0.25) is 0 Å². The van der Waals surface area contributed by atoms with E-state index in [4.69, 9.17) is 0 Å². The summed E-state index contributed by atoms with van der Waals surface area (Å²) in [6.07, 6.45) is 0. The van der Waals surface area contributed by atoms with Crippen LogP contribution in [-0.2, 0) is 0 Å². The van der Waals surface area contributed by atoms with Crippen molar-refractivity contribution in [2.75, 3.05) is 14.1 Å². The molecule has 4 aromatic rings. The third kappa shape index (κ3) is 2.88. The molecule has 4 aromatic carbocycles. The summed E-state index contributed by atoms with van der Waals surface area (Å²) in [5, 5.41) is 11.8. The molecule has 0 saturated heterocycles. The molecule has 0 atom stereocenters. The number of amidine groups is 1. The summed E-state index contributed by atoms with van der Waals surface area (Å²) in [5.74, 6) is 0.518. The molecule has 29 heavy (non-hydrogen) atoms. The highest BCUT2D eigenvalue weighted by Gasteiger charge is 2.24. The van der Waals surface area contributed by atoms with Gasteiger partial charge in [0.05, 0.1) is 0 Å². The maximum Gasteiger partial charge on any atom is 0.360 e. The lowest BCUT2D eigenvalue weighted by molar-refractivity contribution is 0.155. The summed E-state index contributed by atoms with van der Waals surface area (Å²) in [4.78, 5) is 11.8. The largest absolute Gasteiger partial charge is 0.360 e. The van der Waals surface area contributed by atoms with Crippen LogP contribution in [0.4, 0.5) is 4.79 Å². The molecule has 0 aliphatic carbocycles. The van der Waals surface area contributed by atoms with E-state index in [0.717, 1.165) is 11.1 Å². The molecule has 5 nitrogen and oxygen atoms in total. The van der Waals surface area contributed by atoms with Crippen molar-refractivity contribution in [1.82, 2.24) is 15.4 Å². The number of carbonyl (C=O) groups is 1. The molecule has 141 valence electrons. The van der Waals surface area contributed by atoms with E-state index in [9.17, 15) is 4.79 Å². The zero-order chi connectivity index (χ0) is 20.0. The van der Waals surface area contributed by atoms with Gasteiger partial charge in [0, 0.05) is 19.7 Å². The topological polar surface area (TPSA) is 50.0 Å². The molecular weight excluding hydrogens is 360 g/mol. The van der Waals surface area contributed by atoms with E-state index in [1.165, 1.54) is 37.1 Å². The average Bonchev–Trinajstić information content (AvgIpc) is 2.75. The predicted octanol–water partition coefficient (Wildman–Crippen LogP) is 4.84. The van der Waals surface area contributed by atoms with E-state index in [-0.39, 0.29) is 6.03 Å². The third-order valence-electron chi connectivity index (χ3n) is 5.25. The lowest BCUT2D eigenvalue weighted by atomic mass is 9.91. The van der Waals surface area contributed by atoms with Crippen LogP contribution in [0.3, 0.4) is 0 Å². The van der Waals surface area contributed by atoms with E-state index in [2.05, 4.69) is 77.3 Å². The zero-order valence-electron chi connectivity index (χ0n) is 16.2. The molecule has 1 aliphatic heterocycles. The summed E-state index contributed by atoms with van der Waals surface area (Å²) in [6, 6.07) is 27.1. The first-order chi connectivity index (χ1) is 14.1. The van der Waals surface area contributed by atoms with Gasteiger partial charge in [-0.3, -0.25) is 0 Å². The number of amides is 2. The molecule has 1 heterocycles. The SMILES string of the molecule is CN1[N]C(c2ccc(-c3c4ccccc4cc4ccccc34)cc2)=NN(C)C1=O. The second kappa shape index (κ2) is 6.63. The van der Waals surface area contributed by atoms with Crippen molar-refractivity contribution in [3.8, 4) is 11.1 Å². The molecule has 0 saturated carbocycles. The highest BCUT2D eigenvalue weighted by Crippen LogP contribution is 2.36. The molecule has 0 bridgehead atoms. The van der Waals surface area contributed by atoms with Gasteiger partial charge in [0.15, 0.2) is 5.84 Å². The van der Waals surface area contributed by atoms with Crippen molar-refractivity contribution < 1.29 is 4.79 Å². The minimum absolute atomic E-state index is 0.257. The Morgan fingerprint density at radius 3 is 1.83 bits per heavy atom. The standard InChI is InChI=1S/C24H19N4O/c1-27-24(29)28(2)26-23(25-27)17-13-11-16(12-14-17)22-20-9-5-3-7-18(20)15-19-8-4-6-10-21(19)22/h3-15H,1-2H3. The van der Waals surface area contributed by atoms with Crippen molar-refractivity contribution in [3.05, 3.63) is 84.4 Å². The number of nitrogens with zero attached hydrogens (tertiary/aromatic N) is 4. The third-order valence-corrected chi connectivity index (χ3v) is 5.25. The molecule has 0 unspecified atom stereocenters. The second-order valence-electron chi connectivity index (χ2n) is 7.12. The fourth-order valence-corrected chi connectivity index (χ4v) is 3.83. The van der Waals surface area contributed by atoms with E-state index in [1.54, 1.807) is 14.1 Å². The number of hydrogen-bond donors (Lipinski definition) is 0. The molecule has 1 aliphatic rings. The number of hydrogen-bond acceptors (Lipinski definition) is 2. The normalized spacial score (nSPS) is 14.3. The average molecular weight is 379 g/mol. The van der Waals surface area contributed by atoms with Crippen LogP contribution in [0.25, 0.3) is 32.7 Å². The Morgan fingerprint density at radius 2 is 1.24 bits per heavy atom. The van der Waals surface area contributed by atoms with Gasteiger partial charge in [-0.15, -0.1) is 10.5 Å². The maximum absolute atomic E-state index is 11.8. The number of fused-ring (bicyclic) bond motifs is 2. The molecule has 5 rings (SSSR count). The Bertz CT molecular complexity index is 1220. The monoisotopic (exact) mass is 379 g/mol. The molecule has 0 N–H and O–H groups in total. The maximum atomic E-state index is 11.8. The summed E-state index contributed by atoms with van der Waals surface area (Å²) in [7, 11) is 3.26. The van der Waals surface area contributed by atoms with Crippen molar-refractivity contribution >= 4 is 33.4 Å². The van der Waals surface area contributed by atoms with Gasteiger partial charge in [0.1, 0.15) is 0 Å². The summed E-state index contributed by atoms with van der Waals surface area (Å²) >= 11 is 0. The number of rotatable bonds is 2. The van der Waals surface area contributed by atoms with Gasteiger partial charge in [-0.1, -0.05) is 72.8 Å². The van der Waals surface area contributed by atoms with Crippen molar-refractivity contribution in [1.29, 1.82) is 0 Å². The van der Waals surface area contributed by atoms with Gasteiger partial charge in [-0.25, -0.2) is 14.8 Å². The first-order valence-corrected chi connectivity index (χ1v) is 9.45. The van der Waals surface area contributed by atoms with Gasteiger partial charge >= 0.3 is 6.03 Å². The van der Waals surface area contributed by atoms with Gasteiger partial charge in [-0.05, 0) is 38.7 Å². The van der Waals surface area contributed by atoms with Crippen molar-refractivity contribution in [2.24, 2.45) is 5.10 Å². The van der Waals surface area contributed by atoms with Crippen LogP contribution in [0.1, 0.15) is 5.56 Å². The van der Waals surface area contributed by atoms with Crippen molar-refractivity contribution in [2.45, 2.75) is 0 Å². The highest BCUT2D eigenvalue weighted by molar-refractivity contribution is 6.13. The number of hydrazone groups is 1. The molecule has 1 radical (unpaired) electrons. The summed E-state index contributed by atoms with van der Waals surface area (Å²) in [6.45, 7) is 0. The minimum Gasteiger partial charge on any atom is -0.244 e. The Labute approximate surface area is 168 Å². The fraction of sp³-hybridized carbons (Fsp3) is 0.0833. The minimum atomic E-state index is -0.257. The lowest BCUT2D eigenvalue weighted by Gasteiger charge is -2.26. The molecule has 0 spiro atoms. The predicted molar refractivity (Wildman–Crippen MR) is 116 cm³/mol. The first kappa shape index (κ1) is 17.3. The Morgan fingerprint density at radius 1 is 0.690 bits per heavy atom. The number of urea groups is 1. The van der Waals surface area contributed by atoms with Crippen LogP contribution >= 0.6 is 0 Å². The first-order valence-electron chi connectivity index (χ1n) is 9.45. The number of benzene rings is 4. The lowest BCUT2D eigenvalue weighted by Crippen LogP contribution is -2.48. The smallest absolute Gasteiger partial charge is 0.244 e. The van der Waals surface area contributed by atoms with Crippen LogP contribution in [0.15, 0.2) is 84.0 Å². The Balaban J connectivity index is 1.65. The highest BCUT2D eigenvalue weighted by atomic mass is 16.2. The molecule has 5 heteroatoms. The van der Waals surface area contributed by atoms with Crippen LogP contribution in [0, 0.1) is 0 Å². The van der Waals surface area contributed by atoms with E-state index >= 15 is 0 Å². The Kier molecular flexibility index (Phi) is 3.95. The molecule has 0 fully saturated rings. The van der Waals surface area contributed by atoms with E-state index < -0.39 is 0 Å². The van der Waals surface area contributed by atoms with E-state index in [0.29, 0.717) is 5.84 Å². The molecule has 2 amide bonds. The van der Waals surface area contributed by atoms with Crippen LogP contribution in [0.5, 0.6) is 0 Å².